The SMILES string of the molecule is CC1(F)CCNC1c1ccccc1Cl. The Kier molecular flexibility index (Phi) is 2.50. The van der Waals surface area contributed by atoms with Gasteiger partial charge in [0.2, 0.25) is 0 Å². The number of rotatable bonds is 1. The van der Waals surface area contributed by atoms with Gasteiger partial charge in [-0.1, -0.05) is 29.8 Å². The van der Waals surface area contributed by atoms with E-state index in [1.54, 1.807) is 13.0 Å². The van der Waals surface area contributed by atoms with E-state index in [0.29, 0.717) is 18.0 Å². The molecular formula is C11H13ClFN. The normalized spacial score (nSPS) is 32.1. The van der Waals surface area contributed by atoms with Crippen LogP contribution in [0.25, 0.3) is 0 Å². The Hall–Kier alpha value is -0.600. The first-order valence-electron chi connectivity index (χ1n) is 4.78. The summed E-state index contributed by atoms with van der Waals surface area (Å²) in [6.07, 6.45) is 0.545. The predicted octanol–water partition coefficient (Wildman–Crippen LogP) is 3.10. The van der Waals surface area contributed by atoms with Crippen molar-refractivity contribution in [1.29, 1.82) is 0 Å². The summed E-state index contributed by atoms with van der Waals surface area (Å²) >= 11 is 6.02. The van der Waals surface area contributed by atoms with E-state index in [0.717, 1.165) is 5.56 Å². The zero-order chi connectivity index (χ0) is 10.2. The van der Waals surface area contributed by atoms with Crippen molar-refractivity contribution < 1.29 is 4.39 Å². The Bertz CT molecular complexity index is 338. The molecule has 1 saturated heterocycles. The van der Waals surface area contributed by atoms with Gasteiger partial charge < -0.3 is 5.32 Å². The first-order chi connectivity index (χ1) is 6.61. The van der Waals surface area contributed by atoms with Crippen molar-refractivity contribution in [1.82, 2.24) is 5.32 Å². The molecular weight excluding hydrogens is 201 g/mol. The zero-order valence-electron chi connectivity index (χ0n) is 8.06. The Labute approximate surface area is 88.3 Å². The maximum atomic E-state index is 14.0. The third-order valence-electron chi connectivity index (χ3n) is 2.78. The van der Waals surface area contributed by atoms with Crippen LogP contribution < -0.4 is 5.32 Å². The molecule has 0 bridgehead atoms. The van der Waals surface area contributed by atoms with Gasteiger partial charge in [-0.3, -0.25) is 0 Å². The van der Waals surface area contributed by atoms with Crippen LogP contribution in [0.5, 0.6) is 0 Å². The fraction of sp³-hybridized carbons (Fsp3) is 0.455. The molecule has 1 heterocycles. The Morgan fingerprint density at radius 1 is 1.50 bits per heavy atom. The number of nitrogens with one attached hydrogen (secondary N) is 1. The molecule has 2 rings (SSSR count). The molecule has 0 aromatic heterocycles. The van der Waals surface area contributed by atoms with Crippen LogP contribution in [0.3, 0.4) is 0 Å². The van der Waals surface area contributed by atoms with Gasteiger partial charge in [0.15, 0.2) is 0 Å². The van der Waals surface area contributed by atoms with Gasteiger partial charge in [-0.25, -0.2) is 4.39 Å². The summed E-state index contributed by atoms with van der Waals surface area (Å²) in [4.78, 5) is 0. The summed E-state index contributed by atoms with van der Waals surface area (Å²) in [7, 11) is 0. The van der Waals surface area contributed by atoms with Gasteiger partial charge in [0.05, 0.1) is 6.04 Å². The molecule has 0 saturated carbocycles. The van der Waals surface area contributed by atoms with E-state index in [-0.39, 0.29) is 6.04 Å². The maximum Gasteiger partial charge on any atom is 0.128 e. The molecule has 0 amide bonds. The van der Waals surface area contributed by atoms with E-state index < -0.39 is 5.67 Å². The Morgan fingerprint density at radius 3 is 2.79 bits per heavy atom. The second-order valence-corrected chi connectivity index (χ2v) is 4.34. The Balaban J connectivity index is 2.36. The van der Waals surface area contributed by atoms with Crippen LogP contribution in [0, 0.1) is 0 Å². The van der Waals surface area contributed by atoms with Crippen molar-refractivity contribution in [2.75, 3.05) is 6.54 Å². The molecule has 2 atom stereocenters. The van der Waals surface area contributed by atoms with Gasteiger partial charge in [-0.15, -0.1) is 0 Å². The standard InChI is InChI=1S/C11H13ClFN/c1-11(13)6-7-14-10(11)8-4-2-3-5-9(8)12/h2-5,10,14H,6-7H2,1H3. The minimum absolute atomic E-state index is 0.267. The molecule has 1 aromatic carbocycles. The number of benzene rings is 1. The summed E-state index contributed by atoms with van der Waals surface area (Å²) in [6.45, 7) is 2.34. The van der Waals surface area contributed by atoms with E-state index in [9.17, 15) is 4.39 Å². The van der Waals surface area contributed by atoms with Gasteiger partial charge in [-0.2, -0.15) is 0 Å². The van der Waals surface area contributed by atoms with Crippen LogP contribution in [0.15, 0.2) is 24.3 Å². The quantitative estimate of drug-likeness (QED) is 0.756. The smallest absolute Gasteiger partial charge is 0.128 e. The fourth-order valence-electron chi connectivity index (χ4n) is 1.96. The molecule has 1 aromatic rings. The van der Waals surface area contributed by atoms with E-state index >= 15 is 0 Å². The minimum Gasteiger partial charge on any atom is -0.307 e. The molecule has 2 unspecified atom stereocenters. The van der Waals surface area contributed by atoms with Gasteiger partial charge in [-0.05, 0) is 31.5 Å². The zero-order valence-corrected chi connectivity index (χ0v) is 8.81. The molecule has 0 radical (unpaired) electrons. The highest BCUT2D eigenvalue weighted by atomic mass is 35.5. The molecule has 1 nitrogen and oxygen atoms in total. The predicted molar refractivity (Wildman–Crippen MR) is 56.3 cm³/mol. The van der Waals surface area contributed by atoms with E-state index in [1.807, 2.05) is 18.2 Å². The van der Waals surface area contributed by atoms with Gasteiger partial charge in [0.25, 0.3) is 0 Å². The number of halogens is 2. The highest BCUT2D eigenvalue weighted by Crippen LogP contribution is 2.38. The summed E-state index contributed by atoms with van der Waals surface area (Å²) in [5.41, 5.74) is -0.331. The summed E-state index contributed by atoms with van der Waals surface area (Å²) in [5, 5.41) is 3.78. The first-order valence-corrected chi connectivity index (χ1v) is 5.16. The molecule has 0 spiro atoms. The molecule has 14 heavy (non-hydrogen) atoms. The van der Waals surface area contributed by atoms with Crippen LogP contribution in [0.2, 0.25) is 5.02 Å². The van der Waals surface area contributed by atoms with Gasteiger partial charge >= 0.3 is 0 Å². The average molecular weight is 214 g/mol. The van der Waals surface area contributed by atoms with Crippen LogP contribution in [0.4, 0.5) is 4.39 Å². The number of hydrogen-bond acceptors (Lipinski definition) is 1. The molecule has 1 aliphatic heterocycles. The maximum absolute atomic E-state index is 14.0. The van der Waals surface area contributed by atoms with Crippen LogP contribution in [-0.2, 0) is 0 Å². The van der Waals surface area contributed by atoms with Gasteiger partial charge in [0.1, 0.15) is 5.67 Å². The highest BCUT2D eigenvalue weighted by Gasteiger charge is 2.40. The lowest BCUT2D eigenvalue weighted by Crippen LogP contribution is -2.27. The molecule has 1 N–H and O–H groups in total. The highest BCUT2D eigenvalue weighted by molar-refractivity contribution is 6.31. The van der Waals surface area contributed by atoms with E-state index in [4.69, 9.17) is 11.6 Å². The molecule has 76 valence electrons. The molecule has 0 aliphatic carbocycles. The number of alkyl halides is 1. The van der Waals surface area contributed by atoms with Gasteiger partial charge in [0, 0.05) is 5.02 Å². The third kappa shape index (κ3) is 1.64. The van der Waals surface area contributed by atoms with Crippen molar-refractivity contribution in [2.24, 2.45) is 0 Å². The van der Waals surface area contributed by atoms with Crippen molar-refractivity contribution in [2.45, 2.75) is 25.1 Å². The van der Waals surface area contributed by atoms with Crippen molar-refractivity contribution >= 4 is 11.6 Å². The second-order valence-electron chi connectivity index (χ2n) is 3.94. The van der Waals surface area contributed by atoms with Crippen LogP contribution in [0.1, 0.15) is 24.9 Å². The number of hydrogen-bond donors (Lipinski definition) is 1. The lowest BCUT2D eigenvalue weighted by Gasteiger charge is -2.23. The third-order valence-corrected chi connectivity index (χ3v) is 3.12. The molecule has 1 aliphatic rings. The van der Waals surface area contributed by atoms with E-state index in [1.165, 1.54) is 0 Å². The Morgan fingerprint density at radius 2 is 2.21 bits per heavy atom. The summed E-state index contributed by atoms with van der Waals surface area (Å²) in [6, 6.07) is 7.15. The van der Waals surface area contributed by atoms with Crippen molar-refractivity contribution in [3.63, 3.8) is 0 Å². The monoisotopic (exact) mass is 213 g/mol. The summed E-state index contributed by atoms with van der Waals surface area (Å²) < 4.78 is 14.0. The summed E-state index contributed by atoms with van der Waals surface area (Å²) in [5.74, 6) is 0. The van der Waals surface area contributed by atoms with Crippen LogP contribution in [-0.4, -0.2) is 12.2 Å². The van der Waals surface area contributed by atoms with E-state index in [2.05, 4.69) is 5.32 Å². The molecule has 1 fully saturated rings. The van der Waals surface area contributed by atoms with Crippen molar-refractivity contribution in [3.05, 3.63) is 34.9 Å². The lowest BCUT2D eigenvalue weighted by atomic mass is 9.93. The largest absolute Gasteiger partial charge is 0.307 e. The van der Waals surface area contributed by atoms with Crippen molar-refractivity contribution in [3.8, 4) is 0 Å². The average Bonchev–Trinajstić information content (AvgIpc) is 2.46. The van der Waals surface area contributed by atoms with Crippen LogP contribution >= 0.6 is 11.6 Å². The second kappa shape index (κ2) is 3.52. The lowest BCUT2D eigenvalue weighted by molar-refractivity contribution is 0.168. The molecule has 3 heteroatoms. The topological polar surface area (TPSA) is 12.0 Å². The fourth-order valence-corrected chi connectivity index (χ4v) is 2.21. The minimum atomic E-state index is -1.19. The first kappa shape index (κ1) is 9.94.